The zero-order chi connectivity index (χ0) is 17.2. The van der Waals surface area contributed by atoms with Gasteiger partial charge in [-0.3, -0.25) is 14.9 Å². The number of piperidine rings is 1. The van der Waals surface area contributed by atoms with Crippen molar-refractivity contribution in [2.75, 3.05) is 13.1 Å². The van der Waals surface area contributed by atoms with E-state index in [1.165, 1.54) is 11.3 Å². The number of hydrogen-bond donors (Lipinski definition) is 1. The van der Waals surface area contributed by atoms with Crippen LogP contribution >= 0.6 is 11.3 Å². The number of aryl methyl sites for hydroxylation is 1. The summed E-state index contributed by atoms with van der Waals surface area (Å²) in [6, 6.07) is 1.99. The van der Waals surface area contributed by atoms with Crippen LogP contribution in [0.2, 0.25) is 0 Å². The van der Waals surface area contributed by atoms with Crippen LogP contribution in [0.5, 0.6) is 0 Å². The van der Waals surface area contributed by atoms with Crippen LogP contribution in [-0.2, 0) is 0 Å². The van der Waals surface area contributed by atoms with Gasteiger partial charge in [-0.2, -0.15) is 5.10 Å². The van der Waals surface area contributed by atoms with Gasteiger partial charge in [-0.1, -0.05) is 0 Å². The Kier molecular flexibility index (Phi) is 4.27. The van der Waals surface area contributed by atoms with E-state index in [0.717, 1.165) is 35.7 Å². The Hall–Kier alpha value is -2.61. The SMILES string of the molecule is Cc1ccsc1C(=O)N1CCC[C@H](c2nc(-c3cnccn3)n[nH]2)C1. The van der Waals surface area contributed by atoms with Gasteiger partial charge >= 0.3 is 0 Å². The minimum Gasteiger partial charge on any atom is -0.337 e. The first-order valence-electron chi connectivity index (χ1n) is 8.24. The number of likely N-dealkylation sites (tertiary alicyclic amines) is 1. The molecular weight excluding hydrogens is 336 g/mol. The maximum absolute atomic E-state index is 12.8. The molecule has 0 spiro atoms. The first-order chi connectivity index (χ1) is 12.2. The van der Waals surface area contributed by atoms with Crippen molar-refractivity contribution in [2.45, 2.75) is 25.7 Å². The predicted octanol–water partition coefficient (Wildman–Crippen LogP) is 2.65. The van der Waals surface area contributed by atoms with Gasteiger partial charge in [0.15, 0.2) is 0 Å². The van der Waals surface area contributed by atoms with E-state index in [1.807, 2.05) is 23.3 Å². The molecule has 4 heterocycles. The molecule has 3 aromatic rings. The topological polar surface area (TPSA) is 87.7 Å². The first kappa shape index (κ1) is 15.9. The second-order valence-electron chi connectivity index (χ2n) is 6.16. The summed E-state index contributed by atoms with van der Waals surface area (Å²) in [6.45, 7) is 3.43. The highest BCUT2D eigenvalue weighted by atomic mass is 32.1. The molecular formula is C17H18N6OS. The molecule has 0 aliphatic carbocycles. The van der Waals surface area contributed by atoms with Gasteiger partial charge in [0.25, 0.3) is 5.91 Å². The van der Waals surface area contributed by atoms with Crippen molar-refractivity contribution in [2.24, 2.45) is 0 Å². The molecule has 0 saturated carbocycles. The Balaban J connectivity index is 1.51. The summed E-state index contributed by atoms with van der Waals surface area (Å²) in [6.07, 6.45) is 6.83. The van der Waals surface area contributed by atoms with Crippen molar-refractivity contribution in [3.8, 4) is 11.5 Å². The van der Waals surface area contributed by atoms with Gasteiger partial charge < -0.3 is 4.90 Å². The summed E-state index contributed by atoms with van der Waals surface area (Å²) in [7, 11) is 0. The molecule has 0 aromatic carbocycles. The molecule has 7 nitrogen and oxygen atoms in total. The largest absolute Gasteiger partial charge is 0.337 e. The lowest BCUT2D eigenvalue weighted by molar-refractivity contribution is 0.0709. The van der Waals surface area contributed by atoms with Crippen LogP contribution in [0.15, 0.2) is 30.0 Å². The third-order valence-electron chi connectivity index (χ3n) is 4.45. The molecule has 0 unspecified atom stereocenters. The van der Waals surface area contributed by atoms with Crippen molar-refractivity contribution in [3.05, 3.63) is 46.3 Å². The fourth-order valence-corrected chi connectivity index (χ4v) is 4.00. The minimum absolute atomic E-state index is 0.117. The molecule has 1 aliphatic rings. The maximum Gasteiger partial charge on any atom is 0.264 e. The summed E-state index contributed by atoms with van der Waals surface area (Å²) in [4.78, 5) is 28.4. The molecule has 0 bridgehead atoms. The molecule has 3 aromatic heterocycles. The molecule has 1 amide bonds. The summed E-state index contributed by atoms with van der Waals surface area (Å²) in [5, 5.41) is 9.24. The lowest BCUT2D eigenvalue weighted by Crippen LogP contribution is -2.39. The molecule has 128 valence electrons. The van der Waals surface area contributed by atoms with Crippen molar-refractivity contribution in [1.82, 2.24) is 30.0 Å². The maximum atomic E-state index is 12.8. The van der Waals surface area contributed by atoms with Gasteiger partial charge in [0, 0.05) is 31.4 Å². The van der Waals surface area contributed by atoms with Gasteiger partial charge in [0.05, 0.1) is 11.1 Å². The Labute approximate surface area is 149 Å². The molecule has 4 rings (SSSR count). The van der Waals surface area contributed by atoms with Crippen LogP contribution in [0.3, 0.4) is 0 Å². The highest BCUT2D eigenvalue weighted by Gasteiger charge is 2.28. The second-order valence-corrected chi connectivity index (χ2v) is 7.07. The van der Waals surface area contributed by atoms with Crippen LogP contribution < -0.4 is 0 Å². The standard InChI is InChI=1S/C17H18N6OS/c1-11-4-8-25-14(11)17(24)23-7-2-3-12(10-23)15-20-16(22-21-15)13-9-18-5-6-19-13/h4-6,8-9,12H,2-3,7,10H2,1H3,(H,20,21,22)/t12-/m0/s1. The molecule has 25 heavy (non-hydrogen) atoms. The zero-order valence-corrected chi connectivity index (χ0v) is 14.7. The predicted molar refractivity (Wildman–Crippen MR) is 94.3 cm³/mol. The number of thiophene rings is 1. The highest BCUT2D eigenvalue weighted by molar-refractivity contribution is 7.12. The molecule has 1 N–H and O–H groups in total. The van der Waals surface area contributed by atoms with Crippen LogP contribution in [0.1, 0.15) is 39.8 Å². The number of H-pyrrole nitrogens is 1. The first-order valence-corrected chi connectivity index (χ1v) is 9.12. The monoisotopic (exact) mass is 354 g/mol. The van der Waals surface area contributed by atoms with E-state index < -0.39 is 0 Å². The van der Waals surface area contributed by atoms with Gasteiger partial charge in [-0.25, -0.2) is 9.97 Å². The normalized spacial score (nSPS) is 17.6. The number of rotatable bonds is 3. The number of nitrogens with one attached hydrogen (secondary N) is 1. The summed E-state index contributed by atoms with van der Waals surface area (Å²) in [5.41, 5.74) is 1.68. The van der Waals surface area contributed by atoms with Crippen LogP contribution in [0.4, 0.5) is 0 Å². The van der Waals surface area contributed by atoms with Gasteiger partial charge in [-0.15, -0.1) is 11.3 Å². The van der Waals surface area contributed by atoms with E-state index in [1.54, 1.807) is 18.6 Å². The number of nitrogens with zero attached hydrogens (tertiary/aromatic N) is 5. The Bertz CT molecular complexity index is 874. The number of aromatic nitrogens is 5. The molecule has 8 heteroatoms. The van der Waals surface area contributed by atoms with E-state index in [9.17, 15) is 4.79 Å². The zero-order valence-electron chi connectivity index (χ0n) is 13.8. The van der Waals surface area contributed by atoms with Crippen molar-refractivity contribution in [1.29, 1.82) is 0 Å². The summed E-state index contributed by atoms with van der Waals surface area (Å²) >= 11 is 1.51. The molecule has 0 radical (unpaired) electrons. The van der Waals surface area contributed by atoms with Gasteiger partial charge in [0.2, 0.25) is 5.82 Å². The van der Waals surface area contributed by atoms with Crippen molar-refractivity contribution < 1.29 is 4.79 Å². The number of aromatic amines is 1. The average Bonchev–Trinajstić information content (AvgIpc) is 3.31. The lowest BCUT2D eigenvalue weighted by atomic mass is 9.97. The molecule has 1 aliphatic heterocycles. The van der Waals surface area contributed by atoms with Crippen LogP contribution in [0, 0.1) is 6.92 Å². The van der Waals surface area contributed by atoms with Crippen LogP contribution in [-0.4, -0.2) is 49.0 Å². The molecule has 1 fully saturated rings. The van der Waals surface area contributed by atoms with Crippen molar-refractivity contribution in [3.63, 3.8) is 0 Å². The fourth-order valence-electron chi connectivity index (χ4n) is 3.11. The van der Waals surface area contributed by atoms with E-state index in [2.05, 4.69) is 25.1 Å². The third-order valence-corrected chi connectivity index (χ3v) is 5.45. The van der Waals surface area contributed by atoms with Crippen molar-refractivity contribution >= 4 is 17.2 Å². The quantitative estimate of drug-likeness (QED) is 0.781. The van der Waals surface area contributed by atoms with E-state index >= 15 is 0 Å². The molecule has 1 atom stereocenters. The number of carbonyl (C=O) groups excluding carboxylic acids is 1. The fraction of sp³-hybridized carbons (Fsp3) is 0.353. The second kappa shape index (κ2) is 6.72. The molecule has 1 saturated heterocycles. The van der Waals surface area contributed by atoms with Gasteiger partial charge in [-0.05, 0) is 36.8 Å². The van der Waals surface area contributed by atoms with Gasteiger partial charge in [0.1, 0.15) is 11.5 Å². The number of carbonyl (C=O) groups is 1. The smallest absolute Gasteiger partial charge is 0.264 e. The Morgan fingerprint density at radius 3 is 3.08 bits per heavy atom. The lowest BCUT2D eigenvalue weighted by Gasteiger charge is -2.31. The average molecular weight is 354 g/mol. The third kappa shape index (κ3) is 3.17. The van der Waals surface area contributed by atoms with Crippen LogP contribution in [0.25, 0.3) is 11.5 Å². The highest BCUT2D eigenvalue weighted by Crippen LogP contribution is 2.28. The van der Waals surface area contributed by atoms with E-state index in [0.29, 0.717) is 18.1 Å². The van der Waals surface area contributed by atoms with E-state index in [-0.39, 0.29) is 11.8 Å². The Morgan fingerprint density at radius 1 is 1.40 bits per heavy atom. The van der Waals surface area contributed by atoms with E-state index in [4.69, 9.17) is 0 Å². The number of hydrogen-bond acceptors (Lipinski definition) is 6. The minimum atomic E-state index is 0.117. The summed E-state index contributed by atoms with van der Waals surface area (Å²) < 4.78 is 0. The number of amides is 1. The Morgan fingerprint density at radius 2 is 2.32 bits per heavy atom. The summed E-state index contributed by atoms with van der Waals surface area (Å²) in [5.74, 6) is 1.63.